The molecule has 0 saturated carbocycles. The maximum atomic E-state index is 11.6. The van der Waals surface area contributed by atoms with Gasteiger partial charge in [-0.25, -0.2) is 8.78 Å². The molecule has 0 amide bonds. The molecule has 1 heterocycles. The van der Waals surface area contributed by atoms with Gasteiger partial charge in [-0.15, -0.1) is 0 Å². The Morgan fingerprint density at radius 2 is 2.25 bits per heavy atom. The molecular formula is C5H5F2N. The van der Waals surface area contributed by atoms with Gasteiger partial charge in [-0.05, 0) is 6.07 Å². The van der Waals surface area contributed by atoms with Crippen LogP contribution < -0.4 is 0 Å². The molecule has 0 aliphatic carbocycles. The van der Waals surface area contributed by atoms with E-state index in [2.05, 4.69) is 4.98 Å². The Labute approximate surface area is 45.3 Å². The van der Waals surface area contributed by atoms with Crippen molar-refractivity contribution in [1.82, 2.24) is 4.98 Å². The predicted molar refractivity (Wildman–Crippen MR) is 25.7 cm³/mol. The molecule has 1 aromatic rings. The van der Waals surface area contributed by atoms with Crippen molar-refractivity contribution in [2.75, 3.05) is 0 Å². The molecule has 0 aliphatic heterocycles. The van der Waals surface area contributed by atoms with Crippen LogP contribution in [0.25, 0.3) is 0 Å². The third-order valence-electron chi connectivity index (χ3n) is 0.874. The zero-order valence-corrected chi connectivity index (χ0v) is 4.07. The molecular weight excluding hydrogens is 112 g/mol. The van der Waals surface area contributed by atoms with Crippen molar-refractivity contribution in [3.63, 3.8) is 0 Å². The summed E-state index contributed by atoms with van der Waals surface area (Å²) in [5.41, 5.74) is 0.0463. The largest absolute Gasteiger partial charge is 0.367 e. The van der Waals surface area contributed by atoms with Gasteiger partial charge < -0.3 is 4.98 Å². The summed E-state index contributed by atoms with van der Waals surface area (Å²) in [6, 6.07) is 1.35. The van der Waals surface area contributed by atoms with Crippen molar-refractivity contribution in [3.8, 4) is 0 Å². The standard InChI is InChI=1S/C5H5F2N/c6-5(7)4-1-2-8-3-4/h1-3,5,8H. The Kier molecular flexibility index (Phi) is 1.28. The number of H-pyrrole nitrogens is 1. The van der Waals surface area contributed by atoms with Gasteiger partial charge in [0.05, 0.1) is 0 Å². The molecule has 44 valence electrons. The number of hydrogen-bond acceptors (Lipinski definition) is 0. The van der Waals surface area contributed by atoms with Crippen LogP contribution in [0.1, 0.15) is 12.0 Å². The summed E-state index contributed by atoms with van der Waals surface area (Å²) in [5, 5.41) is 0. The molecule has 0 saturated heterocycles. The van der Waals surface area contributed by atoms with Gasteiger partial charge in [-0.3, -0.25) is 0 Å². The summed E-state index contributed by atoms with van der Waals surface area (Å²) in [5.74, 6) is 0. The van der Waals surface area contributed by atoms with Crippen LogP contribution in [-0.2, 0) is 0 Å². The number of aromatic amines is 1. The predicted octanol–water partition coefficient (Wildman–Crippen LogP) is 1.95. The van der Waals surface area contributed by atoms with Crippen molar-refractivity contribution in [2.24, 2.45) is 0 Å². The van der Waals surface area contributed by atoms with Crippen molar-refractivity contribution in [1.29, 1.82) is 0 Å². The lowest BCUT2D eigenvalue weighted by Crippen LogP contribution is -1.75. The number of alkyl halides is 2. The molecule has 0 aromatic carbocycles. The number of hydrogen-bond donors (Lipinski definition) is 1. The monoisotopic (exact) mass is 117 g/mol. The molecule has 0 aliphatic rings. The fourth-order valence-corrected chi connectivity index (χ4v) is 0.473. The zero-order valence-electron chi connectivity index (χ0n) is 4.07. The first kappa shape index (κ1) is 5.28. The third-order valence-corrected chi connectivity index (χ3v) is 0.874. The van der Waals surface area contributed by atoms with Crippen LogP contribution in [0.2, 0.25) is 0 Å². The van der Waals surface area contributed by atoms with Gasteiger partial charge in [0.2, 0.25) is 0 Å². The van der Waals surface area contributed by atoms with E-state index in [4.69, 9.17) is 0 Å². The minimum absolute atomic E-state index is 0.0463. The lowest BCUT2D eigenvalue weighted by atomic mass is 10.4. The highest BCUT2D eigenvalue weighted by atomic mass is 19.3. The van der Waals surface area contributed by atoms with Gasteiger partial charge in [-0.1, -0.05) is 0 Å². The van der Waals surface area contributed by atoms with Crippen LogP contribution in [0.4, 0.5) is 8.78 Å². The summed E-state index contributed by atoms with van der Waals surface area (Å²) in [6.07, 6.45) is 0.410. The molecule has 0 unspecified atom stereocenters. The maximum absolute atomic E-state index is 11.6. The van der Waals surface area contributed by atoms with E-state index in [1.807, 2.05) is 0 Å². The molecule has 8 heavy (non-hydrogen) atoms. The topological polar surface area (TPSA) is 15.8 Å². The van der Waals surface area contributed by atoms with Crippen LogP contribution in [-0.4, -0.2) is 4.98 Å². The van der Waals surface area contributed by atoms with E-state index in [0.29, 0.717) is 0 Å². The van der Waals surface area contributed by atoms with Gasteiger partial charge in [-0.2, -0.15) is 0 Å². The molecule has 0 atom stereocenters. The van der Waals surface area contributed by atoms with Crippen molar-refractivity contribution in [2.45, 2.75) is 6.43 Å². The van der Waals surface area contributed by atoms with E-state index < -0.39 is 6.43 Å². The van der Waals surface area contributed by atoms with Crippen LogP contribution >= 0.6 is 0 Å². The van der Waals surface area contributed by atoms with Crippen molar-refractivity contribution < 1.29 is 8.78 Å². The first-order valence-electron chi connectivity index (χ1n) is 2.21. The summed E-state index contributed by atoms with van der Waals surface area (Å²) in [7, 11) is 0. The highest BCUT2D eigenvalue weighted by molar-refractivity contribution is 5.08. The first-order valence-corrected chi connectivity index (χ1v) is 2.21. The second kappa shape index (κ2) is 1.94. The molecule has 0 spiro atoms. The van der Waals surface area contributed by atoms with Gasteiger partial charge in [0.25, 0.3) is 6.43 Å². The summed E-state index contributed by atoms with van der Waals surface area (Å²) < 4.78 is 23.2. The molecule has 1 nitrogen and oxygen atoms in total. The van der Waals surface area contributed by atoms with Crippen molar-refractivity contribution >= 4 is 0 Å². The molecule has 1 N–H and O–H groups in total. The highest BCUT2D eigenvalue weighted by Gasteiger charge is 2.04. The van der Waals surface area contributed by atoms with Gasteiger partial charge in [0.15, 0.2) is 0 Å². The van der Waals surface area contributed by atoms with E-state index in [0.717, 1.165) is 0 Å². The summed E-state index contributed by atoms with van der Waals surface area (Å²) >= 11 is 0. The second-order valence-corrected chi connectivity index (χ2v) is 1.45. The Hall–Kier alpha value is -0.860. The number of rotatable bonds is 1. The summed E-state index contributed by atoms with van der Waals surface area (Å²) in [6.45, 7) is 0. The summed E-state index contributed by atoms with van der Waals surface area (Å²) in [4.78, 5) is 2.53. The van der Waals surface area contributed by atoms with Crippen LogP contribution in [0.15, 0.2) is 18.5 Å². The quantitative estimate of drug-likeness (QED) is 0.578. The maximum Gasteiger partial charge on any atom is 0.265 e. The highest BCUT2D eigenvalue weighted by Crippen LogP contribution is 2.16. The first-order chi connectivity index (χ1) is 3.80. The van der Waals surface area contributed by atoms with Crippen molar-refractivity contribution in [3.05, 3.63) is 24.0 Å². The number of halogens is 2. The van der Waals surface area contributed by atoms with Gasteiger partial charge in [0, 0.05) is 18.0 Å². The third kappa shape index (κ3) is 0.857. The van der Waals surface area contributed by atoms with E-state index in [1.165, 1.54) is 18.5 Å². The number of aromatic nitrogens is 1. The van der Waals surface area contributed by atoms with Crippen LogP contribution in [0.5, 0.6) is 0 Å². The lowest BCUT2D eigenvalue weighted by Gasteiger charge is -1.87. The van der Waals surface area contributed by atoms with E-state index >= 15 is 0 Å². The van der Waals surface area contributed by atoms with E-state index in [-0.39, 0.29) is 5.56 Å². The zero-order chi connectivity index (χ0) is 5.98. The lowest BCUT2D eigenvalue weighted by molar-refractivity contribution is 0.151. The Morgan fingerprint density at radius 3 is 2.50 bits per heavy atom. The molecule has 0 radical (unpaired) electrons. The number of nitrogens with one attached hydrogen (secondary N) is 1. The Morgan fingerprint density at radius 1 is 1.50 bits per heavy atom. The van der Waals surface area contributed by atoms with Crippen LogP contribution in [0.3, 0.4) is 0 Å². The SMILES string of the molecule is FC(F)c1cc[nH]c1. The van der Waals surface area contributed by atoms with Gasteiger partial charge in [0.1, 0.15) is 0 Å². The molecule has 3 heteroatoms. The minimum Gasteiger partial charge on any atom is -0.367 e. The molecule has 0 bridgehead atoms. The minimum atomic E-state index is -2.35. The molecule has 0 fully saturated rings. The fraction of sp³-hybridized carbons (Fsp3) is 0.200. The average molecular weight is 117 g/mol. The van der Waals surface area contributed by atoms with Gasteiger partial charge >= 0.3 is 0 Å². The smallest absolute Gasteiger partial charge is 0.265 e. The van der Waals surface area contributed by atoms with E-state index in [9.17, 15) is 8.78 Å². The second-order valence-electron chi connectivity index (χ2n) is 1.45. The molecule has 1 rings (SSSR count). The Bertz CT molecular complexity index is 145. The fourth-order valence-electron chi connectivity index (χ4n) is 0.473. The van der Waals surface area contributed by atoms with Crippen LogP contribution in [0, 0.1) is 0 Å². The molecule has 1 aromatic heterocycles. The van der Waals surface area contributed by atoms with E-state index in [1.54, 1.807) is 0 Å². The normalized spacial score (nSPS) is 10.4. The Balaban J connectivity index is 2.77. The average Bonchev–Trinajstić information content (AvgIpc) is 2.12.